The molecule has 0 amide bonds. The number of ether oxygens (including phenoxy) is 2. The van der Waals surface area contributed by atoms with E-state index >= 15 is 0 Å². The summed E-state index contributed by atoms with van der Waals surface area (Å²) in [5, 5.41) is 0. The largest absolute Gasteiger partial charge is 0.493 e. The molecular weight excluding hydrogens is 242 g/mol. The minimum Gasteiger partial charge on any atom is -0.493 e. The van der Waals surface area contributed by atoms with Crippen LogP contribution >= 0.6 is 0 Å². The predicted molar refractivity (Wildman–Crippen MR) is 73.9 cm³/mol. The fourth-order valence-corrected chi connectivity index (χ4v) is 2.46. The van der Waals surface area contributed by atoms with E-state index in [1.165, 1.54) is 0 Å². The Morgan fingerprint density at radius 2 is 1.89 bits per heavy atom. The van der Waals surface area contributed by atoms with Crippen LogP contribution in [0.1, 0.15) is 18.4 Å². The molecule has 4 nitrogen and oxygen atoms in total. The topological polar surface area (TPSA) is 38.8 Å². The Labute approximate surface area is 114 Å². The third-order valence-corrected chi connectivity index (χ3v) is 3.60. The number of nitrogens with zero attached hydrogens (tertiary/aromatic N) is 1. The van der Waals surface area contributed by atoms with Crippen molar-refractivity contribution in [2.45, 2.75) is 19.3 Å². The maximum atomic E-state index is 11.2. The highest BCUT2D eigenvalue weighted by atomic mass is 16.5. The van der Waals surface area contributed by atoms with Gasteiger partial charge in [0, 0.05) is 32.5 Å². The number of hydrogen-bond donors (Lipinski definition) is 0. The summed E-state index contributed by atoms with van der Waals surface area (Å²) in [5.74, 6) is 1.97. The first kappa shape index (κ1) is 13.9. The Bertz CT molecular complexity index is 435. The molecule has 0 bridgehead atoms. The van der Waals surface area contributed by atoms with E-state index in [1.807, 2.05) is 12.1 Å². The highest BCUT2D eigenvalue weighted by Gasteiger charge is 2.17. The van der Waals surface area contributed by atoms with E-state index in [-0.39, 0.29) is 0 Å². The highest BCUT2D eigenvalue weighted by molar-refractivity contribution is 5.79. The van der Waals surface area contributed by atoms with Gasteiger partial charge < -0.3 is 14.4 Å². The molecule has 0 spiro atoms. The first-order chi connectivity index (χ1) is 9.24. The molecule has 1 heterocycles. The van der Waals surface area contributed by atoms with E-state index in [9.17, 15) is 4.79 Å². The number of methoxy groups -OCH3 is 2. The number of hydrogen-bond acceptors (Lipinski definition) is 4. The summed E-state index contributed by atoms with van der Waals surface area (Å²) >= 11 is 0. The monoisotopic (exact) mass is 263 g/mol. The van der Waals surface area contributed by atoms with Crippen LogP contribution in [0.2, 0.25) is 0 Å². The molecule has 1 fully saturated rings. The molecule has 1 aromatic rings. The third kappa shape index (κ3) is 3.47. The number of carbonyl (C=O) groups is 1. The maximum absolute atomic E-state index is 11.2. The van der Waals surface area contributed by atoms with Crippen molar-refractivity contribution in [3.8, 4) is 11.5 Å². The van der Waals surface area contributed by atoms with Gasteiger partial charge in [-0.1, -0.05) is 12.1 Å². The summed E-state index contributed by atoms with van der Waals surface area (Å²) in [5.41, 5.74) is 1.15. The van der Waals surface area contributed by atoms with Crippen LogP contribution < -0.4 is 9.47 Å². The van der Waals surface area contributed by atoms with Crippen molar-refractivity contribution >= 4 is 5.78 Å². The summed E-state index contributed by atoms with van der Waals surface area (Å²) in [6.45, 7) is 2.72. The predicted octanol–water partition coefficient (Wildman–Crippen LogP) is 1.91. The van der Waals surface area contributed by atoms with Crippen LogP contribution in [-0.2, 0) is 11.2 Å². The number of benzene rings is 1. The minimum atomic E-state index is 0.384. The van der Waals surface area contributed by atoms with Gasteiger partial charge in [0.2, 0.25) is 0 Å². The van der Waals surface area contributed by atoms with Crippen molar-refractivity contribution in [1.29, 1.82) is 0 Å². The van der Waals surface area contributed by atoms with Gasteiger partial charge in [-0.3, -0.25) is 4.79 Å². The number of likely N-dealkylation sites (tertiary alicyclic amines) is 1. The van der Waals surface area contributed by atoms with Gasteiger partial charge in [0.25, 0.3) is 0 Å². The lowest BCUT2D eigenvalue weighted by molar-refractivity contribution is -0.121. The number of Topliss-reactive ketones (excluding diaryl/α,β-unsaturated/α-hetero) is 1. The Kier molecular flexibility index (Phi) is 4.80. The van der Waals surface area contributed by atoms with Gasteiger partial charge in [0.05, 0.1) is 14.2 Å². The van der Waals surface area contributed by atoms with Crippen molar-refractivity contribution in [3.63, 3.8) is 0 Å². The molecule has 1 aliphatic heterocycles. The number of para-hydroxylation sites is 1. The lowest BCUT2D eigenvalue weighted by atomic mass is 10.1. The standard InChI is InChI=1S/C15H21NO3/c1-18-14-5-3-4-12(15(14)19-2)6-9-16-10-7-13(17)8-11-16/h3-5H,6-11H2,1-2H3. The SMILES string of the molecule is COc1cccc(CCN2CCC(=O)CC2)c1OC. The lowest BCUT2D eigenvalue weighted by Gasteiger charge is -2.26. The summed E-state index contributed by atoms with van der Waals surface area (Å²) in [6.07, 6.45) is 2.29. The van der Waals surface area contributed by atoms with E-state index in [1.54, 1.807) is 14.2 Å². The van der Waals surface area contributed by atoms with E-state index in [4.69, 9.17) is 9.47 Å². The molecule has 4 heteroatoms. The van der Waals surface area contributed by atoms with Gasteiger partial charge in [-0.25, -0.2) is 0 Å². The van der Waals surface area contributed by atoms with Gasteiger partial charge in [-0.15, -0.1) is 0 Å². The second kappa shape index (κ2) is 6.57. The average Bonchev–Trinajstić information content (AvgIpc) is 2.46. The van der Waals surface area contributed by atoms with E-state index in [0.717, 1.165) is 43.1 Å². The maximum Gasteiger partial charge on any atom is 0.163 e. The molecule has 0 atom stereocenters. The molecule has 0 unspecified atom stereocenters. The molecule has 19 heavy (non-hydrogen) atoms. The molecule has 104 valence electrons. The van der Waals surface area contributed by atoms with Gasteiger partial charge in [0.15, 0.2) is 11.5 Å². The molecule has 1 aliphatic rings. The quantitative estimate of drug-likeness (QED) is 0.813. The van der Waals surface area contributed by atoms with Crippen LogP contribution in [0.4, 0.5) is 0 Å². The second-order valence-electron chi connectivity index (χ2n) is 4.78. The first-order valence-corrected chi connectivity index (χ1v) is 6.68. The van der Waals surface area contributed by atoms with Crippen LogP contribution in [0.25, 0.3) is 0 Å². The zero-order valence-corrected chi connectivity index (χ0v) is 11.6. The molecular formula is C15H21NO3. The number of rotatable bonds is 5. The summed E-state index contributed by atoms with van der Waals surface area (Å²) < 4.78 is 10.7. The summed E-state index contributed by atoms with van der Waals surface area (Å²) in [7, 11) is 3.32. The Morgan fingerprint density at radius 1 is 1.16 bits per heavy atom. The van der Waals surface area contributed by atoms with Crippen LogP contribution in [0.5, 0.6) is 11.5 Å². The molecule has 2 rings (SSSR count). The van der Waals surface area contributed by atoms with Crippen LogP contribution in [0, 0.1) is 0 Å². The number of piperidine rings is 1. The molecule has 0 N–H and O–H groups in total. The molecule has 0 saturated carbocycles. The smallest absolute Gasteiger partial charge is 0.163 e. The van der Waals surface area contributed by atoms with Crippen molar-refractivity contribution < 1.29 is 14.3 Å². The Balaban J connectivity index is 1.97. The van der Waals surface area contributed by atoms with E-state index < -0.39 is 0 Å². The highest BCUT2D eigenvalue weighted by Crippen LogP contribution is 2.31. The summed E-state index contributed by atoms with van der Waals surface area (Å²) in [4.78, 5) is 13.5. The molecule has 0 aromatic heterocycles. The van der Waals surface area contributed by atoms with Gasteiger partial charge in [-0.05, 0) is 18.1 Å². The van der Waals surface area contributed by atoms with Crippen LogP contribution in [0.15, 0.2) is 18.2 Å². The number of carbonyl (C=O) groups excluding carboxylic acids is 1. The lowest BCUT2D eigenvalue weighted by Crippen LogP contribution is -2.35. The van der Waals surface area contributed by atoms with Crippen LogP contribution in [0.3, 0.4) is 0 Å². The van der Waals surface area contributed by atoms with Crippen molar-refractivity contribution in [1.82, 2.24) is 4.90 Å². The molecule has 0 aliphatic carbocycles. The van der Waals surface area contributed by atoms with Crippen molar-refractivity contribution in [2.24, 2.45) is 0 Å². The Morgan fingerprint density at radius 3 is 2.53 bits per heavy atom. The average molecular weight is 263 g/mol. The van der Waals surface area contributed by atoms with Gasteiger partial charge in [-0.2, -0.15) is 0 Å². The molecule has 1 saturated heterocycles. The normalized spacial score (nSPS) is 16.4. The van der Waals surface area contributed by atoms with E-state index in [0.29, 0.717) is 18.6 Å². The Hall–Kier alpha value is -1.55. The van der Waals surface area contributed by atoms with Crippen molar-refractivity contribution in [3.05, 3.63) is 23.8 Å². The van der Waals surface area contributed by atoms with Gasteiger partial charge in [0.1, 0.15) is 5.78 Å². The summed E-state index contributed by atoms with van der Waals surface area (Å²) in [6, 6.07) is 5.95. The van der Waals surface area contributed by atoms with Crippen LogP contribution in [-0.4, -0.2) is 44.5 Å². The second-order valence-corrected chi connectivity index (χ2v) is 4.78. The first-order valence-electron chi connectivity index (χ1n) is 6.68. The van der Waals surface area contributed by atoms with Gasteiger partial charge >= 0.3 is 0 Å². The number of ketones is 1. The van der Waals surface area contributed by atoms with Crippen molar-refractivity contribution in [2.75, 3.05) is 33.9 Å². The minimum absolute atomic E-state index is 0.384. The zero-order valence-electron chi connectivity index (χ0n) is 11.6. The third-order valence-electron chi connectivity index (χ3n) is 3.60. The fourth-order valence-electron chi connectivity index (χ4n) is 2.46. The zero-order chi connectivity index (χ0) is 13.7. The molecule has 1 aromatic carbocycles. The fraction of sp³-hybridized carbons (Fsp3) is 0.533. The van der Waals surface area contributed by atoms with E-state index in [2.05, 4.69) is 11.0 Å². The molecule has 0 radical (unpaired) electrons.